The van der Waals surface area contributed by atoms with Gasteiger partial charge in [-0.2, -0.15) is 13.2 Å². The van der Waals surface area contributed by atoms with Gasteiger partial charge in [0.25, 0.3) is 5.91 Å². The van der Waals surface area contributed by atoms with Crippen molar-refractivity contribution >= 4 is 39.9 Å². The second kappa shape index (κ2) is 7.31. The Morgan fingerprint density at radius 1 is 1.21 bits per heavy atom. The normalized spacial score (nSPS) is 20.1. The number of hydrogen-bond donors (Lipinski definition) is 1. The largest absolute Gasteiger partial charge is 0.416 e. The molecular weight excluding hydrogens is 471 g/mol. The van der Waals surface area contributed by atoms with E-state index in [1.807, 2.05) is 0 Å². The monoisotopic (exact) mass is 487 g/mol. The molecule has 4 aromatic rings. The molecule has 0 radical (unpaired) electrons. The quantitative estimate of drug-likeness (QED) is 0.433. The zero-order valence-corrected chi connectivity index (χ0v) is 18.3. The third-order valence-corrected chi connectivity index (χ3v) is 6.83. The molecule has 0 saturated carbocycles. The highest BCUT2D eigenvalue weighted by molar-refractivity contribution is 6.34. The van der Waals surface area contributed by atoms with E-state index in [4.69, 9.17) is 22.1 Å². The zero-order valence-electron chi connectivity index (χ0n) is 17.5. The van der Waals surface area contributed by atoms with E-state index >= 15 is 0 Å². The molecular formula is C23H17ClF3N5O2. The van der Waals surface area contributed by atoms with Crippen LogP contribution in [-0.4, -0.2) is 44.4 Å². The van der Waals surface area contributed by atoms with Gasteiger partial charge in [0.1, 0.15) is 11.3 Å². The highest BCUT2D eigenvalue weighted by atomic mass is 35.5. The molecule has 2 aliphatic rings. The van der Waals surface area contributed by atoms with E-state index in [0.29, 0.717) is 34.1 Å². The number of carbonyl (C=O) groups excluding carboxylic acids is 1. The van der Waals surface area contributed by atoms with E-state index in [-0.39, 0.29) is 35.5 Å². The van der Waals surface area contributed by atoms with Gasteiger partial charge in [0, 0.05) is 13.0 Å². The number of carbonyl (C=O) groups is 1. The minimum absolute atomic E-state index is 0.206. The SMILES string of the molecule is Nc1nc2cc(Cl)c(C(=O)N3CCOC4Cc5cc(C(F)(F)F)ccc5[C@@H]43)cc2n2cncc12. The van der Waals surface area contributed by atoms with Gasteiger partial charge in [-0.3, -0.25) is 9.20 Å². The van der Waals surface area contributed by atoms with E-state index < -0.39 is 23.9 Å². The van der Waals surface area contributed by atoms with Crippen molar-refractivity contribution in [1.29, 1.82) is 0 Å². The third kappa shape index (κ3) is 3.13. The first kappa shape index (κ1) is 21.2. The first-order valence-corrected chi connectivity index (χ1v) is 10.9. The Bertz CT molecular complexity index is 1490. The van der Waals surface area contributed by atoms with Crippen LogP contribution < -0.4 is 5.73 Å². The summed E-state index contributed by atoms with van der Waals surface area (Å²) in [5.74, 6) is -0.0417. The summed E-state index contributed by atoms with van der Waals surface area (Å²) in [6, 6.07) is 6.37. The Kier molecular flexibility index (Phi) is 4.56. The van der Waals surface area contributed by atoms with Crippen molar-refractivity contribution in [2.24, 2.45) is 0 Å². The Hall–Kier alpha value is -3.37. The molecule has 0 spiro atoms. The fraction of sp³-hybridized carbons (Fsp3) is 0.261. The fourth-order valence-corrected chi connectivity index (χ4v) is 5.22. The number of rotatable bonds is 1. The number of benzene rings is 2. The Labute approximate surface area is 195 Å². The average molecular weight is 488 g/mol. The summed E-state index contributed by atoms with van der Waals surface area (Å²) >= 11 is 6.50. The summed E-state index contributed by atoms with van der Waals surface area (Å²) in [5, 5.41) is 0.206. The molecule has 174 valence electrons. The molecule has 2 aromatic carbocycles. The molecule has 7 nitrogen and oxygen atoms in total. The first-order valence-electron chi connectivity index (χ1n) is 10.6. The molecule has 2 aromatic heterocycles. The number of hydrogen-bond acceptors (Lipinski definition) is 5. The molecule has 6 rings (SSSR count). The lowest BCUT2D eigenvalue weighted by atomic mass is 10.0. The predicted octanol–water partition coefficient (Wildman–Crippen LogP) is 4.28. The summed E-state index contributed by atoms with van der Waals surface area (Å²) in [6.07, 6.45) is -1.40. The molecule has 1 aliphatic heterocycles. The highest BCUT2D eigenvalue weighted by Gasteiger charge is 2.44. The second-order valence-electron chi connectivity index (χ2n) is 8.43. The van der Waals surface area contributed by atoms with Crippen molar-refractivity contribution in [2.45, 2.75) is 24.7 Å². The van der Waals surface area contributed by atoms with Gasteiger partial charge in [0.05, 0.1) is 58.5 Å². The standard InChI is InChI=1S/C23H17ClF3N5O2/c24-15-8-16-17(32-10-29-9-18(32)21(28)30-16)7-14(15)22(33)31-3-4-34-19-6-11-5-12(23(25,26)27)1-2-13(11)20(19)31/h1-2,5,7-10,19-20H,3-4,6H2,(H2,28,30)/t19?,20-/m0/s1. The van der Waals surface area contributed by atoms with Gasteiger partial charge < -0.3 is 15.4 Å². The number of alkyl halides is 3. The number of imidazole rings is 1. The second-order valence-corrected chi connectivity index (χ2v) is 8.84. The molecule has 3 heterocycles. The summed E-state index contributed by atoms with van der Waals surface area (Å²) in [7, 11) is 0. The molecule has 1 fully saturated rings. The summed E-state index contributed by atoms with van der Waals surface area (Å²) in [4.78, 5) is 23.8. The lowest BCUT2D eigenvalue weighted by molar-refractivity contribution is -0.137. The molecule has 2 atom stereocenters. The molecule has 1 saturated heterocycles. The van der Waals surface area contributed by atoms with E-state index in [1.165, 1.54) is 6.07 Å². The van der Waals surface area contributed by atoms with Crippen LogP contribution in [0.1, 0.15) is 33.1 Å². The van der Waals surface area contributed by atoms with Crippen LogP contribution in [0.15, 0.2) is 42.9 Å². The Morgan fingerprint density at radius 2 is 2.03 bits per heavy atom. The van der Waals surface area contributed by atoms with Crippen molar-refractivity contribution in [3.05, 3.63) is 70.1 Å². The number of amides is 1. The van der Waals surface area contributed by atoms with E-state index in [0.717, 1.165) is 12.1 Å². The summed E-state index contributed by atoms with van der Waals surface area (Å²) < 4.78 is 47.2. The molecule has 1 aliphatic carbocycles. The number of morpholine rings is 1. The van der Waals surface area contributed by atoms with Crippen LogP contribution in [0.2, 0.25) is 5.02 Å². The van der Waals surface area contributed by atoms with E-state index in [1.54, 1.807) is 34.0 Å². The van der Waals surface area contributed by atoms with Gasteiger partial charge in [-0.1, -0.05) is 17.7 Å². The van der Waals surface area contributed by atoms with Crippen LogP contribution in [0.25, 0.3) is 16.6 Å². The van der Waals surface area contributed by atoms with Crippen molar-refractivity contribution < 1.29 is 22.7 Å². The summed E-state index contributed by atoms with van der Waals surface area (Å²) in [5.41, 5.74) is 8.47. The predicted molar refractivity (Wildman–Crippen MR) is 119 cm³/mol. The molecule has 0 bridgehead atoms. The first-order chi connectivity index (χ1) is 16.2. The molecule has 34 heavy (non-hydrogen) atoms. The molecule has 1 unspecified atom stereocenters. The number of nitrogens with zero attached hydrogens (tertiary/aromatic N) is 4. The van der Waals surface area contributed by atoms with Crippen LogP contribution in [0.5, 0.6) is 0 Å². The van der Waals surface area contributed by atoms with Gasteiger partial charge in [-0.15, -0.1) is 0 Å². The van der Waals surface area contributed by atoms with Crippen LogP contribution in [0.3, 0.4) is 0 Å². The van der Waals surface area contributed by atoms with Crippen molar-refractivity contribution in [3.63, 3.8) is 0 Å². The number of anilines is 1. The molecule has 11 heteroatoms. The maximum Gasteiger partial charge on any atom is 0.416 e. The maximum atomic E-state index is 13.7. The van der Waals surface area contributed by atoms with Gasteiger partial charge in [0.15, 0.2) is 0 Å². The smallest absolute Gasteiger partial charge is 0.382 e. The van der Waals surface area contributed by atoms with Gasteiger partial charge in [0.2, 0.25) is 0 Å². The zero-order chi connectivity index (χ0) is 23.8. The molecule has 1 amide bonds. The van der Waals surface area contributed by atoms with Crippen molar-refractivity contribution in [2.75, 3.05) is 18.9 Å². The number of fused-ring (bicyclic) bond motifs is 6. The number of nitrogen functional groups attached to an aromatic ring is 1. The van der Waals surface area contributed by atoms with E-state index in [2.05, 4.69) is 9.97 Å². The Morgan fingerprint density at radius 3 is 2.82 bits per heavy atom. The minimum atomic E-state index is -4.44. The van der Waals surface area contributed by atoms with Crippen molar-refractivity contribution in [3.8, 4) is 0 Å². The van der Waals surface area contributed by atoms with Crippen LogP contribution in [-0.2, 0) is 17.3 Å². The number of halogens is 4. The topological polar surface area (TPSA) is 85.8 Å². The third-order valence-electron chi connectivity index (χ3n) is 6.52. The van der Waals surface area contributed by atoms with Crippen molar-refractivity contribution in [1.82, 2.24) is 19.3 Å². The number of ether oxygens (including phenoxy) is 1. The molecule has 2 N–H and O–H groups in total. The summed E-state index contributed by atoms with van der Waals surface area (Å²) in [6.45, 7) is 0.567. The lowest BCUT2D eigenvalue weighted by Crippen LogP contribution is -2.46. The minimum Gasteiger partial charge on any atom is -0.382 e. The van der Waals surface area contributed by atoms with Crippen LogP contribution in [0.4, 0.5) is 19.0 Å². The number of aromatic nitrogens is 3. The highest BCUT2D eigenvalue weighted by Crippen LogP contribution is 2.43. The van der Waals surface area contributed by atoms with Crippen LogP contribution in [0, 0.1) is 0 Å². The van der Waals surface area contributed by atoms with Gasteiger partial charge in [-0.05, 0) is 35.4 Å². The lowest BCUT2D eigenvalue weighted by Gasteiger charge is -2.38. The Balaban J connectivity index is 1.43. The number of nitrogens with two attached hydrogens (primary N) is 1. The van der Waals surface area contributed by atoms with Gasteiger partial charge >= 0.3 is 6.18 Å². The van der Waals surface area contributed by atoms with E-state index in [9.17, 15) is 18.0 Å². The average Bonchev–Trinajstić information content (AvgIpc) is 3.42. The maximum absolute atomic E-state index is 13.7. The van der Waals surface area contributed by atoms with Crippen LogP contribution >= 0.6 is 11.6 Å². The van der Waals surface area contributed by atoms with Gasteiger partial charge in [-0.25, -0.2) is 9.97 Å². The fourth-order valence-electron chi connectivity index (χ4n) is 4.98.